The lowest BCUT2D eigenvalue weighted by Gasteiger charge is -2.42. The molecule has 2 N–H and O–H groups in total. The van der Waals surface area contributed by atoms with Gasteiger partial charge in [-0.1, -0.05) is 6.92 Å². The standard InChI is InChI=1S/C12H17F3N4/c1-3-11(5-4-6-11)19-9-7-8(16-2)17-10(18-9)12(13,14)15/h7H,3-6H2,1-2H3,(H2,16,17,18,19). The van der Waals surface area contributed by atoms with E-state index in [1.54, 1.807) is 0 Å². The van der Waals surface area contributed by atoms with Crippen LogP contribution in [0.15, 0.2) is 6.07 Å². The van der Waals surface area contributed by atoms with Gasteiger partial charge in [-0.25, -0.2) is 9.97 Å². The molecule has 0 radical (unpaired) electrons. The molecule has 7 heteroatoms. The van der Waals surface area contributed by atoms with Crippen LogP contribution in [0.3, 0.4) is 0 Å². The Morgan fingerprint density at radius 2 is 1.89 bits per heavy atom. The summed E-state index contributed by atoms with van der Waals surface area (Å²) in [5.74, 6) is -0.726. The molecule has 1 aromatic heterocycles. The molecule has 0 aliphatic heterocycles. The van der Waals surface area contributed by atoms with Gasteiger partial charge >= 0.3 is 6.18 Å². The lowest BCUT2D eigenvalue weighted by molar-refractivity contribution is -0.144. The van der Waals surface area contributed by atoms with Gasteiger partial charge in [0.1, 0.15) is 11.6 Å². The Kier molecular flexibility index (Phi) is 3.56. The predicted octanol–water partition coefficient (Wildman–Crippen LogP) is 3.28. The van der Waals surface area contributed by atoms with E-state index >= 15 is 0 Å². The average molecular weight is 274 g/mol. The summed E-state index contributed by atoms with van der Waals surface area (Å²) >= 11 is 0. The number of nitrogens with one attached hydrogen (secondary N) is 2. The normalized spacial score (nSPS) is 17.7. The van der Waals surface area contributed by atoms with Gasteiger partial charge in [0.05, 0.1) is 0 Å². The fraction of sp³-hybridized carbons (Fsp3) is 0.667. The topological polar surface area (TPSA) is 49.8 Å². The zero-order valence-corrected chi connectivity index (χ0v) is 10.9. The highest BCUT2D eigenvalue weighted by Gasteiger charge is 2.38. The minimum Gasteiger partial charge on any atom is -0.373 e. The third-order valence-electron chi connectivity index (χ3n) is 3.62. The minimum atomic E-state index is -4.54. The fourth-order valence-corrected chi connectivity index (χ4v) is 2.21. The second kappa shape index (κ2) is 4.86. The van der Waals surface area contributed by atoms with Gasteiger partial charge in [0, 0.05) is 18.7 Å². The maximum Gasteiger partial charge on any atom is 0.451 e. The zero-order chi connectivity index (χ0) is 14.1. The third-order valence-corrected chi connectivity index (χ3v) is 3.62. The second-order valence-electron chi connectivity index (χ2n) is 4.82. The molecule has 1 aliphatic rings. The van der Waals surface area contributed by atoms with Gasteiger partial charge in [0.2, 0.25) is 5.82 Å². The first kappa shape index (κ1) is 13.9. The van der Waals surface area contributed by atoms with Crippen molar-refractivity contribution in [3.8, 4) is 0 Å². The number of rotatable bonds is 4. The molecular formula is C12H17F3N4. The highest BCUT2D eigenvalue weighted by atomic mass is 19.4. The molecule has 106 valence electrons. The first-order valence-electron chi connectivity index (χ1n) is 6.31. The number of halogens is 3. The van der Waals surface area contributed by atoms with Crippen LogP contribution in [0.5, 0.6) is 0 Å². The molecule has 0 aromatic carbocycles. The Hall–Kier alpha value is -1.53. The summed E-state index contributed by atoms with van der Waals surface area (Å²) in [5, 5.41) is 5.77. The smallest absolute Gasteiger partial charge is 0.373 e. The molecule has 1 heterocycles. The van der Waals surface area contributed by atoms with Gasteiger partial charge in [-0.15, -0.1) is 0 Å². The van der Waals surface area contributed by atoms with Crippen LogP contribution in [0, 0.1) is 0 Å². The van der Waals surface area contributed by atoms with E-state index in [9.17, 15) is 13.2 Å². The summed E-state index contributed by atoms with van der Waals surface area (Å²) in [4.78, 5) is 7.02. The van der Waals surface area contributed by atoms with E-state index in [4.69, 9.17) is 0 Å². The summed E-state index contributed by atoms with van der Waals surface area (Å²) < 4.78 is 38.1. The number of alkyl halides is 3. The first-order chi connectivity index (χ1) is 8.88. The maximum atomic E-state index is 12.7. The molecule has 2 rings (SSSR count). The van der Waals surface area contributed by atoms with E-state index in [0.717, 1.165) is 25.7 Å². The van der Waals surface area contributed by atoms with Crippen LogP contribution in [-0.4, -0.2) is 22.6 Å². The van der Waals surface area contributed by atoms with Gasteiger partial charge in [-0.3, -0.25) is 0 Å². The quantitative estimate of drug-likeness (QED) is 0.884. The number of hydrogen-bond donors (Lipinski definition) is 2. The summed E-state index contributed by atoms with van der Waals surface area (Å²) in [6, 6.07) is 1.50. The largest absolute Gasteiger partial charge is 0.451 e. The van der Waals surface area contributed by atoms with Crippen LogP contribution in [-0.2, 0) is 6.18 Å². The monoisotopic (exact) mass is 274 g/mol. The van der Waals surface area contributed by atoms with Crippen LogP contribution in [0.25, 0.3) is 0 Å². The van der Waals surface area contributed by atoms with Crippen molar-refractivity contribution in [2.45, 2.75) is 44.3 Å². The number of nitrogens with zero attached hydrogens (tertiary/aromatic N) is 2. The highest BCUT2D eigenvalue weighted by Crippen LogP contribution is 2.38. The van der Waals surface area contributed by atoms with Gasteiger partial charge in [0.15, 0.2) is 0 Å². The summed E-state index contributed by atoms with van der Waals surface area (Å²) in [7, 11) is 1.53. The lowest BCUT2D eigenvalue weighted by atomic mass is 9.75. The average Bonchev–Trinajstić information content (AvgIpc) is 2.32. The number of anilines is 2. The Bertz CT molecular complexity index is 449. The molecule has 1 saturated carbocycles. The molecule has 0 saturated heterocycles. The van der Waals surface area contributed by atoms with E-state index in [1.165, 1.54) is 13.1 Å². The second-order valence-corrected chi connectivity index (χ2v) is 4.82. The molecule has 0 amide bonds. The van der Waals surface area contributed by atoms with E-state index in [2.05, 4.69) is 20.6 Å². The van der Waals surface area contributed by atoms with Gasteiger partial charge < -0.3 is 10.6 Å². The van der Waals surface area contributed by atoms with Gasteiger partial charge in [0.25, 0.3) is 0 Å². The van der Waals surface area contributed by atoms with E-state index < -0.39 is 12.0 Å². The van der Waals surface area contributed by atoms with Crippen LogP contribution in [0.4, 0.5) is 24.8 Å². The van der Waals surface area contributed by atoms with Gasteiger partial charge in [-0.05, 0) is 25.7 Å². The molecule has 19 heavy (non-hydrogen) atoms. The number of aromatic nitrogens is 2. The third kappa shape index (κ3) is 2.90. The van der Waals surface area contributed by atoms with Crippen molar-refractivity contribution >= 4 is 11.6 Å². The summed E-state index contributed by atoms with van der Waals surface area (Å²) in [6.45, 7) is 2.02. The predicted molar refractivity (Wildman–Crippen MR) is 67.1 cm³/mol. The van der Waals surface area contributed by atoms with Crippen molar-refractivity contribution in [3.05, 3.63) is 11.9 Å². The SMILES string of the molecule is CCC1(Nc2cc(NC)nc(C(F)(F)F)n2)CCC1. The van der Waals surface area contributed by atoms with E-state index in [0.29, 0.717) is 0 Å². The van der Waals surface area contributed by atoms with Crippen molar-refractivity contribution in [3.63, 3.8) is 0 Å². The molecule has 0 unspecified atom stereocenters. The molecule has 0 spiro atoms. The van der Waals surface area contributed by atoms with Crippen LogP contribution in [0.2, 0.25) is 0 Å². The Morgan fingerprint density at radius 1 is 1.26 bits per heavy atom. The molecular weight excluding hydrogens is 257 g/mol. The maximum absolute atomic E-state index is 12.7. The molecule has 1 aliphatic carbocycles. The van der Waals surface area contributed by atoms with E-state index in [1.807, 2.05) is 6.92 Å². The summed E-state index contributed by atoms with van der Waals surface area (Å²) in [6.07, 6.45) is -0.653. The summed E-state index contributed by atoms with van der Waals surface area (Å²) in [5.41, 5.74) is -0.109. The minimum absolute atomic E-state index is 0.109. The molecule has 0 atom stereocenters. The molecule has 0 bridgehead atoms. The highest BCUT2D eigenvalue weighted by molar-refractivity contribution is 5.49. The van der Waals surface area contributed by atoms with Crippen molar-refractivity contribution < 1.29 is 13.2 Å². The van der Waals surface area contributed by atoms with Gasteiger partial charge in [-0.2, -0.15) is 13.2 Å². The van der Waals surface area contributed by atoms with E-state index in [-0.39, 0.29) is 17.2 Å². The fourth-order valence-electron chi connectivity index (χ4n) is 2.21. The Labute approximate surface area is 109 Å². The lowest BCUT2D eigenvalue weighted by Crippen LogP contribution is -2.44. The van der Waals surface area contributed by atoms with Crippen molar-refractivity contribution in [2.24, 2.45) is 0 Å². The number of hydrogen-bond acceptors (Lipinski definition) is 4. The molecule has 4 nitrogen and oxygen atoms in total. The van der Waals surface area contributed by atoms with Crippen molar-refractivity contribution in [1.82, 2.24) is 9.97 Å². The molecule has 1 fully saturated rings. The Morgan fingerprint density at radius 3 is 2.32 bits per heavy atom. The van der Waals surface area contributed by atoms with Crippen molar-refractivity contribution in [1.29, 1.82) is 0 Å². The van der Waals surface area contributed by atoms with Crippen LogP contribution in [0.1, 0.15) is 38.4 Å². The zero-order valence-electron chi connectivity index (χ0n) is 10.9. The Balaban J connectivity index is 2.29. The van der Waals surface area contributed by atoms with Crippen LogP contribution < -0.4 is 10.6 Å². The first-order valence-corrected chi connectivity index (χ1v) is 6.31. The van der Waals surface area contributed by atoms with Crippen molar-refractivity contribution in [2.75, 3.05) is 17.7 Å². The molecule has 1 aromatic rings. The van der Waals surface area contributed by atoms with Crippen LogP contribution >= 0.6 is 0 Å².